The first-order chi connectivity index (χ1) is 9.45. The van der Waals surface area contributed by atoms with Gasteiger partial charge in [0.05, 0.1) is 5.56 Å². The van der Waals surface area contributed by atoms with Crippen molar-refractivity contribution in [1.82, 2.24) is 0 Å². The average Bonchev–Trinajstić information content (AvgIpc) is 2.41. The van der Waals surface area contributed by atoms with Crippen LogP contribution in [0.1, 0.15) is 11.1 Å². The highest BCUT2D eigenvalue weighted by atomic mass is 19.4. The number of nitrogens with one attached hydrogen (secondary N) is 1. The molecule has 2 aromatic rings. The fourth-order valence-corrected chi connectivity index (χ4v) is 1.81. The number of anilines is 2. The van der Waals surface area contributed by atoms with Gasteiger partial charge in [-0.3, -0.25) is 0 Å². The van der Waals surface area contributed by atoms with Gasteiger partial charge < -0.3 is 11.1 Å². The maximum atomic E-state index is 12.4. The Morgan fingerprint density at radius 1 is 0.900 bits per heavy atom. The van der Waals surface area contributed by atoms with Crippen LogP contribution in [0.4, 0.5) is 24.5 Å². The summed E-state index contributed by atoms with van der Waals surface area (Å²) in [6.07, 6.45) is -3.62. The summed E-state index contributed by atoms with van der Waals surface area (Å²) in [4.78, 5) is 0. The zero-order valence-electron chi connectivity index (χ0n) is 10.7. The molecule has 0 aliphatic rings. The lowest BCUT2D eigenvalue weighted by Crippen LogP contribution is -2.07. The van der Waals surface area contributed by atoms with E-state index in [9.17, 15) is 13.2 Å². The fraction of sp³-hybridized carbons (Fsp3) is 0.200. The van der Waals surface area contributed by atoms with Crippen molar-refractivity contribution in [1.29, 1.82) is 0 Å². The van der Waals surface area contributed by atoms with Crippen LogP contribution in [0.3, 0.4) is 0 Å². The van der Waals surface area contributed by atoms with Gasteiger partial charge in [0.1, 0.15) is 0 Å². The van der Waals surface area contributed by atoms with E-state index in [0.29, 0.717) is 18.7 Å². The average molecular weight is 280 g/mol. The number of benzene rings is 2. The Morgan fingerprint density at radius 2 is 1.50 bits per heavy atom. The number of hydrogen-bond acceptors (Lipinski definition) is 2. The second kappa shape index (κ2) is 5.86. The largest absolute Gasteiger partial charge is 0.416 e. The quantitative estimate of drug-likeness (QED) is 0.832. The summed E-state index contributed by atoms with van der Waals surface area (Å²) >= 11 is 0. The molecule has 0 aromatic heterocycles. The molecular formula is C15H15F3N2. The summed E-state index contributed by atoms with van der Waals surface area (Å²) in [5.74, 6) is 0. The van der Waals surface area contributed by atoms with E-state index in [-0.39, 0.29) is 0 Å². The molecular weight excluding hydrogens is 265 g/mol. The van der Waals surface area contributed by atoms with Crippen molar-refractivity contribution in [2.45, 2.75) is 12.6 Å². The topological polar surface area (TPSA) is 38.0 Å². The van der Waals surface area contributed by atoms with Gasteiger partial charge in [-0.1, -0.05) is 12.1 Å². The van der Waals surface area contributed by atoms with Gasteiger partial charge >= 0.3 is 6.18 Å². The van der Waals surface area contributed by atoms with Crippen LogP contribution in [-0.4, -0.2) is 6.54 Å². The lowest BCUT2D eigenvalue weighted by Gasteiger charge is -2.09. The molecule has 0 heterocycles. The van der Waals surface area contributed by atoms with E-state index in [0.717, 1.165) is 23.4 Å². The minimum absolute atomic E-state index is 0.618. The highest BCUT2D eigenvalue weighted by Gasteiger charge is 2.29. The minimum atomic E-state index is -4.28. The molecule has 0 spiro atoms. The number of nitrogens with two attached hydrogens (primary N) is 1. The van der Waals surface area contributed by atoms with E-state index >= 15 is 0 Å². The van der Waals surface area contributed by atoms with Crippen molar-refractivity contribution < 1.29 is 13.2 Å². The Kier molecular flexibility index (Phi) is 4.17. The van der Waals surface area contributed by atoms with E-state index < -0.39 is 11.7 Å². The van der Waals surface area contributed by atoms with Crippen molar-refractivity contribution in [3.05, 3.63) is 59.7 Å². The first-order valence-electron chi connectivity index (χ1n) is 6.21. The Labute approximate surface area is 115 Å². The summed E-state index contributed by atoms with van der Waals surface area (Å²) in [5.41, 5.74) is 7.45. The third-order valence-electron chi connectivity index (χ3n) is 2.93. The SMILES string of the molecule is Nc1ccc(NCCc2ccc(C(F)(F)F)cc2)cc1. The van der Waals surface area contributed by atoms with Gasteiger partial charge in [0.2, 0.25) is 0 Å². The lowest BCUT2D eigenvalue weighted by atomic mass is 10.1. The predicted molar refractivity (Wildman–Crippen MR) is 74.5 cm³/mol. The van der Waals surface area contributed by atoms with Crippen molar-refractivity contribution in [2.24, 2.45) is 0 Å². The third kappa shape index (κ3) is 3.91. The summed E-state index contributed by atoms with van der Waals surface area (Å²) in [7, 11) is 0. The van der Waals surface area contributed by atoms with Gasteiger partial charge in [0.25, 0.3) is 0 Å². The molecule has 0 fully saturated rings. The second-order valence-corrected chi connectivity index (χ2v) is 4.49. The third-order valence-corrected chi connectivity index (χ3v) is 2.93. The van der Waals surface area contributed by atoms with E-state index in [1.165, 1.54) is 12.1 Å². The molecule has 0 unspecified atom stereocenters. The van der Waals surface area contributed by atoms with Crippen LogP contribution >= 0.6 is 0 Å². The second-order valence-electron chi connectivity index (χ2n) is 4.49. The summed E-state index contributed by atoms with van der Waals surface area (Å²) in [5, 5.41) is 3.19. The van der Waals surface area contributed by atoms with Gasteiger partial charge in [-0.15, -0.1) is 0 Å². The molecule has 0 atom stereocenters. The molecule has 20 heavy (non-hydrogen) atoms. The van der Waals surface area contributed by atoms with E-state index in [1.807, 2.05) is 12.1 Å². The molecule has 2 aromatic carbocycles. The van der Waals surface area contributed by atoms with Crippen molar-refractivity contribution in [3.63, 3.8) is 0 Å². The number of nitrogen functional groups attached to an aromatic ring is 1. The number of rotatable bonds is 4. The highest BCUT2D eigenvalue weighted by molar-refractivity contribution is 5.51. The van der Waals surface area contributed by atoms with Crippen molar-refractivity contribution >= 4 is 11.4 Å². The highest BCUT2D eigenvalue weighted by Crippen LogP contribution is 2.29. The zero-order chi connectivity index (χ0) is 14.6. The molecule has 0 bridgehead atoms. The molecule has 0 saturated heterocycles. The zero-order valence-corrected chi connectivity index (χ0v) is 10.7. The summed E-state index contributed by atoms with van der Waals surface area (Å²) in [6.45, 7) is 0.648. The van der Waals surface area contributed by atoms with Crippen LogP contribution < -0.4 is 11.1 Å². The molecule has 3 N–H and O–H groups in total. The van der Waals surface area contributed by atoms with Gasteiger partial charge in [0, 0.05) is 17.9 Å². The molecule has 0 saturated carbocycles. The van der Waals surface area contributed by atoms with Gasteiger partial charge in [0.15, 0.2) is 0 Å². The minimum Gasteiger partial charge on any atom is -0.399 e. The molecule has 5 heteroatoms. The van der Waals surface area contributed by atoms with E-state index in [1.54, 1.807) is 12.1 Å². The number of halogens is 3. The molecule has 0 radical (unpaired) electrons. The van der Waals surface area contributed by atoms with E-state index in [2.05, 4.69) is 5.32 Å². The Balaban J connectivity index is 1.87. The fourth-order valence-electron chi connectivity index (χ4n) is 1.81. The molecule has 2 nitrogen and oxygen atoms in total. The molecule has 2 rings (SSSR count). The molecule has 0 aliphatic carbocycles. The Hall–Kier alpha value is -2.17. The summed E-state index contributed by atoms with van der Waals surface area (Å²) < 4.78 is 37.2. The van der Waals surface area contributed by atoms with Gasteiger partial charge in [-0.25, -0.2) is 0 Å². The van der Waals surface area contributed by atoms with Crippen LogP contribution in [0.2, 0.25) is 0 Å². The molecule has 0 aliphatic heterocycles. The standard InChI is InChI=1S/C15H15F3N2/c16-15(17,18)12-3-1-11(2-4-12)9-10-20-14-7-5-13(19)6-8-14/h1-8,20H,9-10,19H2. The molecule has 106 valence electrons. The van der Waals surface area contributed by atoms with Gasteiger partial charge in [-0.2, -0.15) is 13.2 Å². The maximum absolute atomic E-state index is 12.4. The first-order valence-corrected chi connectivity index (χ1v) is 6.21. The van der Waals surface area contributed by atoms with Crippen LogP contribution in [0.25, 0.3) is 0 Å². The van der Waals surface area contributed by atoms with Crippen molar-refractivity contribution in [2.75, 3.05) is 17.6 Å². The van der Waals surface area contributed by atoms with E-state index in [4.69, 9.17) is 5.73 Å². The summed E-state index contributed by atoms with van der Waals surface area (Å²) in [6, 6.07) is 12.5. The number of hydrogen-bond donors (Lipinski definition) is 2. The lowest BCUT2D eigenvalue weighted by molar-refractivity contribution is -0.137. The smallest absolute Gasteiger partial charge is 0.399 e. The Bertz CT molecular complexity index is 545. The molecule has 0 amide bonds. The Morgan fingerprint density at radius 3 is 2.05 bits per heavy atom. The maximum Gasteiger partial charge on any atom is 0.416 e. The predicted octanol–water partition coefficient (Wildman–Crippen LogP) is 3.94. The first kappa shape index (κ1) is 14.2. The van der Waals surface area contributed by atoms with Gasteiger partial charge in [-0.05, 0) is 48.4 Å². The van der Waals surface area contributed by atoms with Crippen LogP contribution in [0.5, 0.6) is 0 Å². The van der Waals surface area contributed by atoms with Crippen LogP contribution in [-0.2, 0) is 12.6 Å². The normalized spacial score (nSPS) is 11.3. The van der Waals surface area contributed by atoms with Crippen molar-refractivity contribution in [3.8, 4) is 0 Å². The van der Waals surface area contributed by atoms with Crippen LogP contribution in [0, 0.1) is 0 Å². The monoisotopic (exact) mass is 280 g/mol. The van der Waals surface area contributed by atoms with Crippen LogP contribution in [0.15, 0.2) is 48.5 Å². The number of alkyl halides is 3.